The number of aryl methyl sites for hydroxylation is 2. The van der Waals surface area contributed by atoms with Crippen molar-refractivity contribution < 1.29 is 28.1 Å². The summed E-state index contributed by atoms with van der Waals surface area (Å²) >= 11 is 0. The van der Waals surface area contributed by atoms with Crippen LogP contribution in [-0.4, -0.2) is 55.1 Å². The molecule has 0 amide bonds. The number of hydrogen-bond acceptors (Lipinski definition) is 14. The lowest BCUT2D eigenvalue weighted by Gasteiger charge is -2.33. The lowest BCUT2D eigenvalue weighted by atomic mass is 10.1. The second-order valence-corrected chi connectivity index (χ2v) is 11.7. The smallest absolute Gasteiger partial charge is 0.283 e. The van der Waals surface area contributed by atoms with E-state index in [4.69, 9.17) is 18.5 Å². The number of aromatic nitrogens is 4. The number of isocyanates is 2. The zero-order chi connectivity index (χ0) is 25.6. The van der Waals surface area contributed by atoms with E-state index in [9.17, 15) is 9.59 Å². The second-order valence-electron chi connectivity index (χ2n) is 9.22. The number of aliphatic imine (C=N–C) groups is 2. The Labute approximate surface area is 205 Å². The van der Waals surface area contributed by atoms with Crippen molar-refractivity contribution in [2.45, 2.75) is 78.0 Å². The van der Waals surface area contributed by atoms with E-state index >= 15 is 0 Å². The summed E-state index contributed by atoms with van der Waals surface area (Å²) in [7, 11) is 2.51. The van der Waals surface area contributed by atoms with E-state index in [0.717, 1.165) is 0 Å². The van der Waals surface area contributed by atoms with Crippen LogP contribution in [0.3, 0.4) is 0 Å². The van der Waals surface area contributed by atoms with Gasteiger partial charge in [-0.3, -0.25) is 0 Å². The molecule has 2 heterocycles. The maximum Gasteiger partial charge on any atom is 0.283 e. The highest BCUT2D eigenvalue weighted by molar-refractivity contribution is 8.76. The van der Waals surface area contributed by atoms with Gasteiger partial charge in [0, 0.05) is 0 Å². The van der Waals surface area contributed by atoms with Gasteiger partial charge in [0.15, 0.2) is 11.6 Å². The molecule has 12 nitrogen and oxygen atoms in total. The van der Waals surface area contributed by atoms with Crippen LogP contribution in [-0.2, 0) is 30.5 Å². The Morgan fingerprint density at radius 2 is 1.12 bits per heavy atom. The minimum atomic E-state index is -1.58. The molecule has 0 aliphatic heterocycles. The molecule has 0 bridgehead atoms. The number of ether oxygens (including phenoxy) is 2. The molecule has 2 rings (SSSR count). The van der Waals surface area contributed by atoms with Crippen LogP contribution in [0.25, 0.3) is 0 Å². The summed E-state index contributed by atoms with van der Waals surface area (Å²) in [5, 5.41) is 7.58. The largest absolute Gasteiger partial charge is 0.339 e. The van der Waals surface area contributed by atoms with Gasteiger partial charge >= 0.3 is 0 Å². The van der Waals surface area contributed by atoms with Crippen molar-refractivity contribution in [1.29, 1.82) is 0 Å². The van der Waals surface area contributed by atoms with Crippen molar-refractivity contribution in [3.05, 3.63) is 23.4 Å². The van der Waals surface area contributed by atoms with Crippen LogP contribution in [0.15, 0.2) is 19.0 Å². The standard InChI is InChI=1S/C20H28N6O6S2/c1-13-23-15(29-25-13)19(21-11-27,31-17(3,4)5)9-33-34-10-20(22-12-28,32-18(6,7)8)16-24-14(2)26-30-16/h9-10H2,1-8H3/t19-,20-/m0/s1. The van der Waals surface area contributed by atoms with Crippen molar-refractivity contribution in [2.24, 2.45) is 9.98 Å². The van der Waals surface area contributed by atoms with Crippen LogP contribution in [0.1, 0.15) is 65.0 Å². The molecule has 34 heavy (non-hydrogen) atoms. The van der Waals surface area contributed by atoms with Crippen molar-refractivity contribution in [1.82, 2.24) is 20.3 Å². The van der Waals surface area contributed by atoms with E-state index in [1.165, 1.54) is 21.6 Å². The van der Waals surface area contributed by atoms with Gasteiger partial charge in [-0.2, -0.15) is 20.0 Å². The average Bonchev–Trinajstić information content (AvgIpc) is 3.32. The molecule has 2 atom stereocenters. The highest BCUT2D eigenvalue weighted by atomic mass is 33.1. The van der Waals surface area contributed by atoms with E-state index in [0.29, 0.717) is 11.6 Å². The third-order valence-electron chi connectivity index (χ3n) is 3.72. The maximum absolute atomic E-state index is 11.3. The Kier molecular flexibility index (Phi) is 8.98. The SMILES string of the molecule is Cc1noc([C@@](CSSC[C@](N=C=O)(OC(C)(C)C)c2nc(C)no2)(N=C=O)OC(C)(C)C)n1. The Morgan fingerprint density at radius 3 is 1.35 bits per heavy atom. The summed E-state index contributed by atoms with van der Waals surface area (Å²) in [6.45, 7) is 14.1. The minimum Gasteiger partial charge on any atom is -0.339 e. The van der Waals surface area contributed by atoms with E-state index in [1.807, 2.05) is 41.5 Å². The summed E-state index contributed by atoms with van der Waals surface area (Å²) in [4.78, 5) is 38.9. The molecule has 0 saturated carbocycles. The lowest BCUT2D eigenvalue weighted by Crippen LogP contribution is -2.39. The minimum absolute atomic E-state index is 0.0204. The first kappa shape index (κ1) is 27.9. The Balaban J connectivity index is 2.33. The van der Waals surface area contributed by atoms with Crippen molar-refractivity contribution >= 4 is 33.7 Å². The van der Waals surface area contributed by atoms with Gasteiger partial charge in [-0.1, -0.05) is 31.9 Å². The quantitative estimate of drug-likeness (QED) is 0.186. The fraction of sp³-hybridized carbons (Fsp3) is 0.700. The topological polar surface area (TPSA) is 155 Å². The molecule has 0 aliphatic rings. The lowest BCUT2D eigenvalue weighted by molar-refractivity contribution is -0.134. The second kappa shape index (κ2) is 10.9. The predicted octanol–water partition coefficient (Wildman–Crippen LogP) is 3.76. The molecule has 2 aromatic rings. The molecule has 0 fully saturated rings. The molecule has 0 unspecified atom stereocenters. The number of rotatable bonds is 11. The number of carbonyl (C=O) groups excluding carboxylic acids is 2. The van der Waals surface area contributed by atoms with Crippen LogP contribution in [0, 0.1) is 13.8 Å². The summed E-state index contributed by atoms with van der Waals surface area (Å²) in [6, 6.07) is 0. The first-order chi connectivity index (χ1) is 15.7. The highest BCUT2D eigenvalue weighted by Crippen LogP contribution is 2.42. The molecule has 186 valence electrons. The van der Waals surface area contributed by atoms with Gasteiger partial charge in [0.05, 0.1) is 22.7 Å². The van der Waals surface area contributed by atoms with Crippen LogP contribution >= 0.6 is 21.6 Å². The summed E-state index contributed by atoms with van der Waals surface area (Å²) in [5.41, 5.74) is -4.59. The Bertz CT molecular complexity index is 980. The van der Waals surface area contributed by atoms with Gasteiger partial charge in [-0.05, 0) is 55.4 Å². The molecule has 0 radical (unpaired) electrons. The van der Waals surface area contributed by atoms with Crippen molar-refractivity contribution in [3.8, 4) is 0 Å². The zero-order valence-corrected chi connectivity index (χ0v) is 22.0. The predicted molar refractivity (Wildman–Crippen MR) is 124 cm³/mol. The maximum atomic E-state index is 11.3. The van der Waals surface area contributed by atoms with E-state index in [2.05, 4.69) is 30.3 Å². The van der Waals surface area contributed by atoms with Gasteiger partial charge < -0.3 is 18.5 Å². The van der Waals surface area contributed by atoms with Gasteiger partial charge in [-0.15, -0.1) is 0 Å². The molecule has 0 N–H and O–H groups in total. The Morgan fingerprint density at radius 1 is 0.765 bits per heavy atom. The van der Waals surface area contributed by atoms with Gasteiger partial charge in [-0.25, -0.2) is 9.59 Å². The van der Waals surface area contributed by atoms with Gasteiger partial charge in [0.1, 0.15) is 0 Å². The summed E-state index contributed by atoms with van der Waals surface area (Å²) in [6.07, 6.45) is 3.10. The van der Waals surface area contributed by atoms with Crippen LogP contribution < -0.4 is 0 Å². The summed E-state index contributed by atoms with van der Waals surface area (Å²) in [5.74, 6) is 0.940. The van der Waals surface area contributed by atoms with Crippen LogP contribution in [0.4, 0.5) is 0 Å². The van der Waals surface area contributed by atoms with Gasteiger partial charge in [0.25, 0.3) is 23.2 Å². The molecule has 2 aromatic heterocycles. The number of hydrogen-bond donors (Lipinski definition) is 0. The Hall–Kier alpha value is -2.34. The molecular weight excluding hydrogens is 484 g/mol. The van der Waals surface area contributed by atoms with Crippen LogP contribution in [0.5, 0.6) is 0 Å². The number of nitrogens with zero attached hydrogens (tertiary/aromatic N) is 6. The van der Waals surface area contributed by atoms with E-state index in [-0.39, 0.29) is 23.3 Å². The molecule has 14 heteroatoms. The summed E-state index contributed by atoms with van der Waals surface area (Å²) < 4.78 is 22.8. The normalized spacial score (nSPS) is 15.6. The highest BCUT2D eigenvalue weighted by Gasteiger charge is 2.46. The molecule has 0 aromatic carbocycles. The van der Waals surface area contributed by atoms with Crippen LogP contribution in [0.2, 0.25) is 0 Å². The zero-order valence-electron chi connectivity index (χ0n) is 20.4. The fourth-order valence-electron chi connectivity index (χ4n) is 2.79. The molecule has 0 saturated heterocycles. The average molecular weight is 513 g/mol. The van der Waals surface area contributed by atoms with E-state index < -0.39 is 22.7 Å². The molecular formula is C20H28N6O6S2. The van der Waals surface area contributed by atoms with E-state index in [1.54, 1.807) is 26.0 Å². The third-order valence-corrected chi connectivity index (χ3v) is 6.11. The third kappa shape index (κ3) is 7.59. The first-order valence-corrected chi connectivity index (χ1v) is 12.7. The van der Waals surface area contributed by atoms with Crippen molar-refractivity contribution in [2.75, 3.05) is 11.5 Å². The molecule has 0 spiro atoms. The molecule has 0 aliphatic carbocycles. The first-order valence-electron chi connectivity index (χ1n) is 10.2. The van der Waals surface area contributed by atoms with Gasteiger partial charge in [0.2, 0.25) is 12.2 Å². The van der Waals surface area contributed by atoms with Crippen molar-refractivity contribution in [3.63, 3.8) is 0 Å². The monoisotopic (exact) mass is 512 g/mol. The fourth-order valence-corrected chi connectivity index (χ4v) is 5.23.